The van der Waals surface area contributed by atoms with E-state index in [1.54, 1.807) is 0 Å². The zero-order valence-electron chi connectivity index (χ0n) is 12.3. The van der Waals surface area contributed by atoms with Gasteiger partial charge in [-0.15, -0.1) is 5.10 Å². The number of aromatic nitrogens is 3. The summed E-state index contributed by atoms with van der Waals surface area (Å²) in [6, 6.07) is 0. The largest absolute Gasteiger partial charge is 0.345 e. The molecule has 1 saturated carbocycles. The highest BCUT2D eigenvalue weighted by Crippen LogP contribution is 2.44. The Balaban J connectivity index is 0.00000200. The number of hydrogen-bond acceptors (Lipinski definition) is 3. The Morgan fingerprint density at radius 3 is 2.68 bits per heavy atom. The van der Waals surface area contributed by atoms with Crippen LogP contribution in [0.1, 0.15) is 54.1 Å². The molecule has 1 heterocycles. The molecule has 0 radical (unpaired) electrons. The number of aryl methyl sites for hydroxylation is 1. The van der Waals surface area contributed by atoms with Gasteiger partial charge in [0.1, 0.15) is 5.69 Å². The van der Waals surface area contributed by atoms with E-state index in [4.69, 9.17) is 0 Å². The molecular weight excluding hydrogens is 240 g/mol. The number of rotatable bonds is 6. The van der Waals surface area contributed by atoms with E-state index in [2.05, 4.69) is 29.5 Å². The van der Waals surface area contributed by atoms with Crippen molar-refractivity contribution in [2.24, 2.45) is 11.8 Å². The molecule has 19 heavy (non-hydrogen) atoms. The molecule has 1 fully saturated rings. The average Bonchev–Trinajstić information content (AvgIpc) is 2.95. The van der Waals surface area contributed by atoms with Gasteiger partial charge in [0.05, 0.1) is 11.7 Å². The van der Waals surface area contributed by atoms with Crippen molar-refractivity contribution in [1.29, 1.82) is 0 Å². The van der Waals surface area contributed by atoms with Crippen LogP contribution in [0.3, 0.4) is 0 Å². The lowest BCUT2D eigenvalue weighted by molar-refractivity contribution is -0.125. The number of amides is 1. The number of nitrogens with zero attached hydrogens (tertiary/aromatic N) is 3. The molecule has 0 saturated heterocycles. The third-order valence-electron chi connectivity index (χ3n) is 3.60. The highest BCUT2D eigenvalue weighted by molar-refractivity contribution is 5.79. The summed E-state index contributed by atoms with van der Waals surface area (Å²) in [5, 5.41) is 11.5. The summed E-state index contributed by atoms with van der Waals surface area (Å²) in [4.78, 5) is 11.8. The Bertz CT molecular complexity index is 452. The molecule has 1 aromatic heterocycles. The van der Waals surface area contributed by atoms with Crippen molar-refractivity contribution >= 4 is 5.91 Å². The van der Waals surface area contributed by atoms with E-state index in [-0.39, 0.29) is 18.8 Å². The van der Waals surface area contributed by atoms with E-state index < -0.39 is 0 Å². The molecule has 1 N–H and O–H groups in total. The van der Waals surface area contributed by atoms with Crippen molar-refractivity contribution in [3.63, 3.8) is 0 Å². The number of carbonyl (C=O) groups excluding carboxylic acids is 1. The lowest BCUT2D eigenvalue weighted by atomic mass is 10.1. The van der Waals surface area contributed by atoms with Gasteiger partial charge in [0, 0.05) is 13.9 Å². The molecule has 1 aliphatic carbocycles. The molecule has 0 spiro atoms. The van der Waals surface area contributed by atoms with E-state index in [0.29, 0.717) is 5.92 Å². The van der Waals surface area contributed by atoms with Gasteiger partial charge in [-0.3, -0.25) is 9.48 Å². The molecule has 1 aromatic rings. The topological polar surface area (TPSA) is 59.8 Å². The van der Waals surface area contributed by atoms with Crippen molar-refractivity contribution in [2.75, 3.05) is 0 Å². The molecule has 5 heteroatoms. The average molecular weight is 266 g/mol. The van der Waals surface area contributed by atoms with Gasteiger partial charge in [-0.25, -0.2) is 0 Å². The Morgan fingerprint density at radius 1 is 1.47 bits per heavy atom. The molecule has 0 bridgehead atoms. The standard InChI is InChI=1S/C14H24N4O.H2/c1-10(2)5-8-18-9-12(16-17-18)14(6-7-14)15-13(19)11(3)4;/h9-11H,5-8H2,1-4H3,(H,15,19);1H. The van der Waals surface area contributed by atoms with Crippen LogP contribution in [-0.4, -0.2) is 20.9 Å². The quantitative estimate of drug-likeness (QED) is 0.859. The Kier molecular flexibility index (Phi) is 3.92. The zero-order chi connectivity index (χ0) is 14.0. The van der Waals surface area contributed by atoms with Gasteiger partial charge in [0.25, 0.3) is 0 Å². The predicted molar refractivity (Wildman–Crippen MR) is 75.5 cm³/mol. The minimum absolute atomic E-state index is 0. The monoisotopic (exact) mass is 266 g/mol. The Hall–Kier alpha value is -1.39. The molecular formula is C14H26N4O. The second kappa shape index (κ2) is 5.31. The third kappa shape index (κ3) is 3.33. The van der Waals surface area contributed by atoms with E-state index in [9.17, 15) is 4.79 Å². The smallest absolute Gasteiger partial charge is 0.223 e. The fourth-order valence-electron chi connectivity index (χ4n) is 1.97. The summed E-state index contributed by atoms with van der Waals surface area (Å²) >= 11 is 0. The zero-order valence-corrected chi connectivity index (χ0v) is 12.3. The van der Waals surface area contributed by atoms with E-state index in [0.717, 1.165) is 31.5 Å². The van der Waals surface area contributed by atoms with Crippen LogP contribution in [0.25, 0.3) is 0 Å². The number of carbonyl (C=O) groups is 1. The highest BCUT2D eigenvalue weighted by atomic mass is 16.2. The molecule has 1 amide bonds. The van der Waals surface area contributed by atoms with Gasteiger partial charge in [-0.05, 0) is 25.2 Å². The van der Waals surface area contributed by atoms with Gasteiger partial charge in [0.2, 0.25) is 5.91 Å². The van der Waals surface area contributed by atoms with Crippen molar-refractivity contribution in [3.05, 3.63) is 11.9 Å². The number of nitrogens with one attached hydrogen (secondary N) is 1. The lowest BCUT2D eigenvalue weighted by Crippen LogP contribution is -2.37. The first-order chi connectivity index (χ1) is 8.93. The van der Waals surface area contributed by atoms with Gasteiger partial charge in [-0.2, -0.15) is 0 Å². The molecule has 1 aliphatic rings. The van der Waals surface area contributed by atoms with Gasteiger partial charge < -0.3 is 5.32 Å². The van der Waals surface area contributed by atoms with Crippen LogP contribution in [0, 0.1) is 11.8 Å². The summed E-state index contributed by atoms with van der Waals surface area (Å²) in [5.41, 5.74) is 0.669. The minimum Gasteiger partial charge on any atom is -0.345 e. The second-order valence-corrected chi connectivity index (χ2v) is 6.28. The van der Waals surface area contributed by atoms with Gasteiger partial charge in [0.15, 0.2) is 0 Å². The molecule has 5 nitrogen and oxygen atoms in total. The van der Waals surface area contributed by atoms with Crippen LogP contribution in [-0.2, 0) is 16.9 Å². The minimum atomic E-state index is -0.239. The van der Waals surface area contributed by atoms with Crippen LogP contribution in [0.4, 0.5) is 0 Å². The van der Waals surface area contributed by atoms with E-state index in [1.807, 2.05) is 24.7 Å². The molecule has 0 unspecified atom stereocenters. The Labute approximate surface area is 116 Å². The SMILES string of the molecule is CC(C)CCn1cc(C2(NC(=O)C(C)C)CC2)nn1.[HH]. The highest BCUT2D eigenvalue weighted by Gasteiger charge is 2.48. The maximum absolute atomic E-state index is 11.8. The first-order valence-corrected chi connectivity index (χ1v) is 7.15. The summed E-state index contributed by atoms with van der Waals surface area (Å²) in [7, 11) is 0. The molecule has 0 aromatic carbocycles. The second-order valence-electron chi connectivity index (χ2n) is 6.28. The van der Waals surface area contributed by atoms with Crippen LogP contribution < -0.4 is 5.32 Å². The van der Waals surface area contributed by atoms with E-state index in [1.165, 1.54) is 0 Å². The van der Waals surface area contributed by atoms with Crippen molar-refractivity contribution < 1.29 is 6.22 Å². The normalized spacial score (nSPS) is 16.9. The van der Waals surface area contributed by atoms with Crippen LogP contribution >= 0.6 is 0 Å². The maximum atomic E-state index is 11.8. The number of hydrogen-bond donors (Lipinski definition) is 1. The first-order valence-electron chi connectivity index (χ1n) is 7.15. The third-order valence-corrected chi connectivity index (χ3v) is 3.60. The molecule has 2 rings (SSSR count). The van der Waals surface area contributed by atoms with Crippen LogP contribution in [0.2, 0.25) is 0 Å². The lowest BCUT2D eigenvalue weighted by Gasteiger charge is -2.16. The van der Waals surface area contributed by atoms with Crippen molar-refractivity contribution in [1.82, 2.24) is 20.3 Å². The van der Waals surface area contributed by atoms with E-state index >= 15 is 0 Å². The summed E-state index contributed by atoms with van der Waals surface area (Å²) in [6.07, 6.45) is 5.01. The predicted octanol–water partition coefficient (Wildman–Crippen LogP) is 2.33. The Morgan fingerprint density at radius 2 is 2.16 bits per heavy atom. The summed E-state index contributed by atoms with van der Waals surface area (Å²) < 4.78 is 1.89. The van der Waals surface area contributed by atoms with Gasteiger partial charge in [-0.1, -0.05) is 32.9 Å². The molecule has 0 atom stereocenters. The van der Waals surface area contributed by atoms with Crippen LogP contribution in [0.5, 0.6) is 0 Å². The summed E-state index contributed by atoms with van der Waals surface area (Å²) in [5.74, 6) is 0.755. The van der Waals surface area contributed by atoms with Crippen molar-refractivity contribution in [3.8, 4) is 0 Å². The first kappa shape index (κ1) is 14.0. The summed E-state index contributed by atoms with van der Waals surface area (Å²) in [6.45, 7) is 9.10. The molecule has 0 aliphatic heterocycles. The maximum Gasteiger partial charge on any atom is 0.223 e. The van der Waals surface area contributed by atoms with Crippen molar-refractivity contribution in [2.45, 2.75) is 59.0 Å². The van der Waals surface area contributed by atoms with Crippen LogP contribution in [0.15, 0.2) is 6.20 Å². The molecule has 108 valence electrons. The van der Waals surface area contributed by atoms with Gasteiger partial charge >= 0.3 is 0 Å². The fourth-order valence-corrected chi connectivity index (χ4v) is 1.97. The fraction of sp³-hybridized carbons (Fsp3) is 0.786.